The zero-order chi connectivity index (χ0) is 21.0. The van der Waals surface area contributed by atoms with Crippen LogP contribution < -0.4 is 0 Å². The Kier molecular flexibility index (Phi) is 5.52. The molecule has 0 amide bonds. The highest BCUT2D eigenvalue weighted by atomic mass is 79.9. The van der Waals surface area contributed by atoms with Crippen LogP contribution in [0.25, 0.3) is 44.5 Å². The third kappa shape index (κ3) is 4.38. The van der Waals surface area contributed by atoms with E-state index in [9.17, 15) is 0 Å². The fourth-order valence-corrected chi connectivity index (χ4v) is 4.15. The maximum atomic E-state index is 3.52. The molecule has 5 rings (SSSR count). The summed E-state index contributed by atoms with van der Waals surface area (Å²) in [6.07, 6.45) is 0. The molecule has 5 aromatic rings. The van der Waals surface area contributed by atoms with E-state index in [0.717, 1.165) is 4.47 Å². The van der Waals surface area contributed by atoms with Crippen LogP contribution in [-0.2, 0) is 0 Å². The second kappa shape index (κ2) is 8.75. The zero-order valence-corrected chi connectivity index (χ0v) is 18.6. The Morgan fingerprint density at radius 3 is 1.10 bits per heavy atom. The minimum absolute atomic E-state index is 1.10. The summed E-state index contributed by atoms with van der Waals surface area (Å²) in [6, 6.07) is 45.3. The van der Waals surface area contributed by atoms with Gasteiger partial charge < -0.3 is 0 Å². The zero-order valence-electron chi connectivity index (χ0n) is 17.0. The molecule has 0 aliphatic rings. The molecule has 0 unspecified atom stereocenters. The highest BCUT2D eigenvalue weighted by molar-refractivity contribution is 9.10. The quantitative estimate of drug-likeness (QED) is 0.250. The molecule has 0 N–H and O–H groups in total. The average molecular weight is 461 g/mol. The van der Waals surface area contributed by atoms with E-state index in [2.05, 4.69) is 143 Å². The van der Waals surface area contributed by atoms with Gasteiger partial charge in [-0.2, -0.15) is 0 Å². The van der Waals surface area contributed by atoms with E-state index < -0.39 is 0 Å². The summed E-state index contributed by atoms with van der Waals surface area (Å²) >= 11 is 3.52. The van der Waals surface area contributed by atoms with E-state index in [4.69, 9.17) is 0 Å². The lowest BCUT2D eigenvalue weighted by molar-refractivity contribution is 1.56. The molecule has 0 spiro atoms. The fourth-order valence-electron chi connectivity index (χ4n) is 3.88. The lowest BCUT2D eigenvalue weighted by Crippen LogP contribution is -1.84. The summed E-state index contributed by atoms with van der Waals surface area (Å²) in [5.74, 6) is 0. The number of benzene rings is 5. The van der Waals surface area contributed by atoms with Crippen molar-refractivity contribution in [1.82, 2.24) is 0 Å². The van der Waals surface area contributed by atoms with Gasteiger partial charge in [0, 0.05) is 4.47 Å². The molecule has 0 heterocycles. The minimum Gasteiger partial charge on any atom is -0.0622 e. The SMILES string of the molecule is Brc1ccc(-c2cccc(-c3cccc(-c4ccc(-c5ccccc5)cc4)c3)c2)cc1. The summed E-state index contributed by atoms with van der Waals surface area (Å²) in [6.45, 7) is 0. The van der Waals surface area contributed by atoms with Crippen LogP contribution in [0.5, 0.6) is 0 Å². The third-order valence-electron chi connectivity index (χ3n) is 5.56. The summed E-state index contributed by atoms with van der Waals surface area (Å²) in [7, 11) is 0. The Balaban J connectivity index is 1.46. The van der Waals surface area contributed by atoms with Crippen LogP contribution in [0.1, 0.15) is 0 Å². The second-order valence-corrected chi connectivity index (χ2v) is 8.53. The van der Waals surface area contributed by atoms with E-state index in [1.54, 1.807) is 0 Å². The van der Waals surface area contributed by atoms with Crippen molar-refractivity contribution in [2.45, 2.75) is 0 Å². The van der Waals surface area contributed by atoms with Crippen LogP contribution in [0.2, 0.25) is 0 Å². The van der Waals surface area contributed by atoms with E-state index in [1.807, 2.05) is 0 Å². The Morgan fingerprint density at radius 2 is 0.613 bits per heavy atom. The van der Waals surface area contributed by atoms with Gasteiger partial charge >= 0.3 is 0 Å². The van der Waals surface area contributed by atoms with Gasteiger partial charge in [-0.05, 0) is 68.8 Å². The Hall–Kier alpha value is -3.42. The maximum absolute atomic E-state index is 3.52. The molecule has 0 atom stereocenters. The second-order valence-electron chi connectivity index (χ2n) is 7.61. The summed E-state index contributed by atoms with van der Waals surface area (Å²) < 4.78 is 1.10. The number of hydrogen-bond acceptors (Lipinski definition) is 0. The van der Waals surface area contributed by atoms with Gasteiger partial charge in [-0.3, -0.25) is 0 Å². The van der Waals surface area contributed by atoms with E-state index in [1.165, 1.54) is 44.5 Å². The lowest BCUT2D eigenvalue weighted by atomic mass is 9.95. The van der Waals surface area contributed by atoms with E-state index in [0.29, 0.717) is 0 Å². The highest BCUT2D eigenvalue weighted by Gasteiger charge is 2.05. The fraction of sp³-hybridized carbons (Fsp3) is 0. The first-order chi connectivity index (χ1) is 15.3. The number of halogens is 1. The highest BCUT2D eigenvalue weighted by Crippen LogP contribution is 2.31. The first-order valence-electron chi connectivity index (χ1n) is 10.4. The lowest BCUT2D eigenvalue weighted by Gasteiger charge is -2.09. The molecule has 0 bridgehead atoms. The average Bonchev–Trinajstić information content (AvgIpc) is 2.85. The van der Waals surface area contributed by atoms with Gasteiger partial charge in [0.2, 0.25) is 0 Å². The van der Waals surface area contributed by atoms with Gasteiger partial charge in [0.1, 0.15) is 0 Å². The van der Waals surface area contributed by atoms with Crippen LogP contribution in [-0.4, -0.2) is 0 Å². The molecule has 0 saturated carbocycles. The predicted octanol–water partition coefficient (Wildman–Crippen LogP) is 9.12. The topological polar surface area (TPSA) is 0 Å². The Morgan fingerprint density at radius 1 is 0.290 bits per heavy atom. The molecule has 0 fully saturated rings. The molecule has 1 heteroatoms. The number of rotatable bonds is 4. The monoisotopic (exact) mass is 460 g/mol. The summed E-state index contributed by atoms with van der Waals surface area (Å²) in [5, 5.41) is 0. The molecule has 0 aliphatic heterocycles. The van der Waals surface area contributed by atoms with E-state index in [-0.39, 0.29) is 0 Å². The van der Waals surface area contributed by atoms with Crippen molar-refractivity contribution in [3.05, 3.63) is 132 Å². The molecule has 5 aromatic carbocycles. The molecular formula is C30H21Br. The van der Waals surface area contributed by atoms with Gasteiger partial charge in [-0.1, -0.05) is 119 Å². The standard InChI is InChI=1S/C30H21Br/c31-30-18-16-25(17-19-30)27-9-5-11-29(21-27)28-10-4-8-26(20-28)24-14-12-23(13-15-24)22-6-2-1-3-7-22/h1-21H. The van der Waals surface area contributed by atoms with Gasteiger partial charge in [0.15, 0.2) is 0 Å². The largest absolute Gasteiger partial charge is 0.0622 e. The smallest absolute Gasteiger partial charge is 0.0175 e. The van der Waals surface area contributed by atoms with Crippen LogP contribution >= 0.6 is 15.9 Å². The van der Waals surface area contributed by atoms with Gasteiger partial charge in [0.25, 0.3) is 0 Å². The maximum Gasteiger partial charge on any atom is 0.0175 e. The first kappa shape index (κ1) is 19.5. The molecule has 0 aromatic heterocycles. The van der Waals surface area contributed by atoms with Crippen molar-refractivity contribution in [2.24, 2.45) is 0 Å². The van der Waals surface area contributed by atoms with Crippen LogP contribution in [0, 0.1) is 0 Å². The van der Waals surface area contributed by atoms with Gasteiger partial charge in [0.05, 0.1) is 0 Å². The molecule has 148 valence electrons. The van der Waals surface area contributed by atoms with Crippen molar-refractivity contribution in [1.29, 1.82) is 0 Å². The van der Waals surface area contributed by atoms with Crippen molar-refractivity contribution in [3.8, 4) is 44.5 Å². The molecule has 0 saturated heterocycles. The molecule has 31 heavy (non-hydrogen) atoms. The van der Waals surface area contributed by atoms with Gasteiger partial charge in [-0.25, -0.2) is 0 Å². The van der Waals surface area contributed by atoms with Crippen LogP contribution in [0.15, 0.2) is 132 Å². The summed E-state index contributed by atoms with van der Waals surface area (Å²) in [5.41, 5.74) is 9.83. The molecular weight excluding hydrogens is 440 g/mol. The minimum atomic E-state index is 1.10. The van der Waals surface area contributed by atoms with Crippen molar-refractivity contribution < 1.29 is 0 Å². The van der Waals surface area contributed by atoms with Crippen molar-refractivity contribution in [3.63, 3.8) is 0 Å². The number of hydrogen-bond donors (Lipinski definition) is 0. The first-order valence-corrected chi connectivity index (χ1v) is 11.2. The molecule has 0 aliphatic carbocycles. The third-order valence-corrected chi connectivity index (χ3v) is 6.09. The molecule has 0 radical (unpaired) electrons. The van der Waals surface area contributed by atoms with Crippen molar-refractivity contribution >= 4 is 15.9 Å². The van der Waals surface area contributed by atoms with E-state index >= 15 is 0 Å². The Labute approximate surface area is 192 Å². The predicted molar refractivity (Wildman–Crippen MR) is 136 cm³/mol. The normalized spacial score (nSPS) is 10.7. The summed E-state index contributed by atoms with van der Waals surface area (Å²) in [4.78, 5) is 0. The molecule has 0 nitrogen and oxygen atoms in total. The van der Waals surface area contributed by atoms with Crippen LogP contribution in [0.3, 0.4) is 0 Å². The van der Waals surface area contributed by atoms with Crippen molar-refractivity contribution in [2.75, 3.05) is 0 Å². The van der Waals surface area contributed by atoms with Gasteiger partial charge in [-0.15, -0.1) is 0 Å². The van der Waals surface area contributed by atoms with Crippen LogP contribution in [0.4, 0.5) is 0 Å². The Bertz CT molecular complexity index is 1300.